The maximum absolute atomic E-state index is 12.7. The molecule has 2 rings (SSSR count). The van der Waals surface area contributed by atoms with Crippen LogP contribution < -0.4 is 5.32 Å². The Bertz CT molecular complexity index is 527. The number of rotatable bonds is 5. The molecule has 2 atom stereocenters. The van der Waals surface area contributed by atoms with Crippen LogP contribution in [0.15, 0.2) is 12.5 Å². The number of nitrogens with zero attached hydrogens (tertiary/aromatic N) is 4. The van der Waals surface area contributed by atoms with E-state index in [0.717, 1.165) is 6.42 Å². The van der Waals surface area contributed by atoms with Crippen LogP contribution in [0.3, 0.4) is 0 Å². The van der Waals surface area contributed by atoms with Crippen molar-refractivity contribution in [2.24, 2.45) is 0 Å². The largest absolute Gasteiger partial charge is 0.391 e. The van der Waals surface area contributed by atoms with Crippen molar-refractivity contribution in [3.63, 3.8) is 0 Å². The fraction of sp³-hybridized carbons (Fsp3) is 0.545. The van der Waals surface area contributed by atoms with E-state index in [0.29, 0.717) is 17.1 Å². The van der Waals surface area contributed by atoms with Gasteiger partial charge >= 0.3 is 0 Å². The molecule has 0 saturated carbocycles. The lowest BCUT2D eigenvalue weighted by Crippen LogP contribution is -2.31. The molecule has 2 heterocycles. The van der Waals surface area contributed by atoms with E-state index in [-0.39, 0.29) is 6.04 Å². The summed E-state index contributed by atoms with van der Waals surface area (Å²) >= 11 is 0. The van der Waals surface area contributed by atoms with Crippen LogP contribution in [-0.4, -0.2) is 36.8 Å². The first-order chi connectivity index (χ1) is 8.65. The standard InChI is InChI=1S/C11H16FN5O/c1-3-8(7(2)18)15-11-13-4-9-10(16-11)17(5-12)6-14-9/h4,6-8,18H,3,5H2,1-2H3,(H,13,15,16)/t7-,8+/m1/s1. The molecule has 0 spiro atoms. The molecule has 0 saturated heterocycles. The van der Waals surface area contributed by atoms with Crippen LogP contribution in [0.1, 0.15) is 20.3 Å². The molecule has 0 unspecified atom stereocenters. The van der Waals surface area contributed by atoms with Crippen molar-refractivity contribution in [1.29, 1.82) is 0 Å². The van der Waals surface area contributed by atoms with Gasteiger partial charge in [0.2, 0.25) is 5.95 Å². The molecule has 0 aliphatic heterocycles. The van der Waals surface area contributed by atoms with Gasteiger partial charge in [-0.05, 0) is 13.3 Å². The third-order valence-corrected chi connectivity index (χ3v) is 2.82. The zero-order chi connectivity index (χ0) is 13.1. The van der Waals surface area contributed by atoms with E-state index in [1.54, 1.807) is 6.92 Å². The van der Waals surface area contributed by atoms with Crippen LogP contribution in [0.25, 0.3) is 11.2 Å². The molecule has 2 aromatic heterocycles. The Balaban J connectivity index is 2.28. The number of aromatic nitrogens is 4. The molecule has 7 heteroatoms. The van der Waals surface area contributed by atoms with Crippen molar-refractivity contribution in [3.05, 3.63) is 12.5 Å². The number of hydrogen-bond donors (Lipinski definition) is 2. The second-order valence-electron chi connectivity index (χ2n) is 4.14. The van der Waals surface area contributed by atoms with Gasteiger partial charge in [-0.25, -0.2) is 14.4 Å². The van der Waals surface area contributed by atoms with E-state index < -0.39 is 12.9 Å². The molecule has 0 radical (unpaired) electrons. The molecule has 0 fully saturated rings. The number of aliphatic hydroxyl groups is 1. The number of nitrogens with one attached hydrogen (secondary N) is 1. The van der Waals surface area contributed by atoms with E-state index in [4.69, 9.17) is 0 Å². The number of hydrogen-bond acceptors (Lipinski definition) is 5. The van der Waals surface area contributed by atoms with E-state index in [1.807, 2.05) is 6.92 Å². The van der Waals surface area contributed by atoms with Crippen LogP contribution in [0.5, 0.6) is 0 Å². The first-order valence-electron chi connectivity index (χ1n) is 5.84. The Labute approximate surface area is 104 Å². The molecule has 0 bridgehead atoms. The Morgan fingerprint density at radius 1 is 1.50 bits per heavy atom. The lowest BCUT2D eigenvalue weighted by molar-refractivity contribution is 0.169. The van der Waals surface area contributed by atoms with Crippen molar-refractivity contribution >= 4 is 17.1 Å². The normalized spacial score (nSPS) is 14.7. The second-order valence-corrected chi connectivity index (χ2v) is 4.14. The number of halogens is 1. The smallest absolute Gasteiger partial charge is 0.225 e. The summed E-state index contributed by atoms with van der Waals surface area (Å²) in [6.07, 6.45) is 3.14. The zero-order valence-corrected chi connectivity index (χ0v) is 10.3. The molecule has 0 aromatic carbocycles. The number of anilines is 1. The van der Waals surface area contributed by atoms with Gasteiger partial charge in [0.15, 0.2) is 12.4 Å². The Morgan fingerprint density at radius 2 is 2.28 bits per heavy atom. The van der Waals surface area contributed by atoms with Gasteiger partial charge in [0.25, 0.3) is 0 Å². The highest BCUT2D eigenvalue weighted by Gasteiger charge is 2.14. The maximum atomic E-state index is 12.7. The van der Waals surface area contributed by atoms with Crippen LogP contribution in [0.4, 0.5) is 10.3 Å². The summed E-state index contributed by atoms with van der Waals surface area (Å²) < 4.78 is 14.0. The average molecular weight is 253 g/mol. The van der Waals surface area contributed by atoms with Gasteiger partial charge in [-0.2, -0.15) is 4.98 Å². The Hall–Kier alpha value is -1.76. The number of alkyl halides is 1. The average Bonchev–Trinajstić information content (AvgIpc) is 2.77. The summed E-state index contributed by atoms with van der Waals surface area (Å²) in [7, 11) is 0. The van der Waals surface area contributed by atoms with Gasteiger partial charge in [-0.1, -0.05) is 6.92 Å². The predicted molar refractivity (Wildman–Crippen MR) is 65.8 cm³/mol. The van der Waals surface area contributed by atoms with Gasteiger partial charge in [0.1, 0.15) is 5.52 Å². The van der Waals surface area contributed by atoms with Gasteiger partial charge in [-0.15, -0.1) is 0 Å². The highest BCUT2D eigenvalue weighted by atomic mass is 19.1. The number of aliphatic hydroxyl groups excluding tert-OH is 1. The van der Waals surface area contributed by atoms with E-state index >= 15 is 0 Å². The van der Waals surface area contributed by atoms with E-state index in [2.05, 4.69) is 20.3 Å². The first-order valence-corrected chi connectivity index (χ1v) is 5.84. The summed E-state index contributed by atoms with van der Waals surface area (Å²) in [5, 5.41) is 12.6. The Kier molecular flexibility index (Phi) is 3.71. The summed E-state index contributed by atoms with van der Waals surface area (Å²) in [4.78, 5) is 12.3. The predicted octanol–water partition coefficient (Wildman–Crippen LogP) is 1.32. The molecule has 2 aromatic rings. The van der Waals surface area contributed by atoms with Crippen molar-refractivity contribution in [2.75, 3.05) is 5.32 Å². The molecular formula is C11H16FN5O. The zero-order valence-electron chi connectivity index (χ0n) is 10.3. The minimum Gasteiger partial charge on any atom is -0.391 e. The molecule has 2 N–H and O–H groups in total. The minimum absolute atomic E-state index is 0.135. The highest BCUT2D eigenvalue weighted by Crippen LogP contribution is 2.13. The summed E-state index contributed by atoms with van der Waals surface area (Å²) in [6.45, 7) is 2.97. The fourth-order valence-corrected chi connectivity index (χ4v) is 1.74. The number of fused-ring (bicyclic) bond motifs is 1. The lowest BCUT2D eigenvalue weighted by Gasteiger charge is -2.19. The number of imidazole rings is 1. The lowest BCUT2D eigenvalue weighted by atomic mass is 10.1. The van der Waals surface area contributed by atoms with Gasteiger partial charge in [-0.3, -0.25) is 4.57 Å². The third-order valence-electron chi connectivity index (χ3n) is 2.82. The molecule has 0 aliphatic carbocycles. The fourth-order valence-electron chi connectivity index (χ4n) is 1.74. The molecular weight excluding hydrogens is 237 g/mol. The second kappa shape index (κ2) is 5.26. The van der Waals surface area contributed by atoms with E-state index in [1.165, 1.54) is 17.1 Å². The van der Waals surface area contributed by atoms with Crippen LogP contribution in [0, 0.1) is 0 Å². The molecule has 6 nitrogen and oxygen atoms in total. The van der Waals surface area contributed by atoms with Gasteiger partial charge < -0.3 is 10.4 Å². The van der Waals surface area contributed by atoms with Crippen LogP contribution in [-0.2, 0) is 6.80 Å². The first kappa shape index (κ1) is 12.7. The molecule has 0 amide bonds. The van der Waals surface area contributed by atoms with Crippen molar-refractivity contribution in [3.8, 4) is 0 Å². The molecule has 98 valence electrons. The third kappa shape index (κ3) is 2.40. The van der Waals surface area contributed by atoms with E-state index in [9.17, 15) is 9.50 Å². The van der Waals surface area contributed by atoms with Crippen molar-refractivity contribution in [1.82, 2.24) is 19.5 Å². The summed E-state index contributed by atoms with van der Waals surface area (Å²) in [5.74, 6) is 0.366. The topological polar surface area (TPSA) is 75.9 Å². The monoisotopic (exact) mass is 253 g/mol. The van der Waals surface area contributed by atoms with Crippen molar-refractivity contribution < 1.29 is 9.50 Å². The summed E-state index contributed by atoms with van der Waals surface area (Å²) in [6, 6.07) is -0.135. The SMILES string of the molecule is CC[C@H](Nc1ncc2ncn(CF)c2n1)[C@@H](C)O. The van der Waals surface area contributed by atoms with Gasteiger partial charge in [0, 0.05) is 0 Å². The minimum atomic E-state index is -0.680. The highest BCUT2D eigenvalue weighted by molar-refractivity contribution is 5.70. The van der Waals surface area contributed by atoms with Crippen LogP contribution >= 0.6 is 0 Å². The molecule has 0 aliphatic rings. The maximum Gasteiger partial charge on any atom is 0.225 e. The molecule has 18 heavy (non-hydrogen) atoms. The quantitative estimate of drug-likeness (QED) is 0.840. The summed E-state index contributed by atoms with van der Waals surface area (Å²) in [5.41, 5.74) is 0.985. The van der Waals surface area contributed by atoms with Crippen molar-refractivity contribution in [2.45, 2.75) is 39.2 Å². The Morgan fingerprint density at radius 3 is 2.89 bits per heavy atom. The van der Waals surface area contributed by atoms with Crippen LogP contribution in [0.2, 0.25) is 0 Å². The van der Waals surface area contributed by atoms with Gasteiger partial charge in [0.05, 0.1) is 24.7 Å².